The number of ether oxygens (including phenoxy) is 1. The van der Waals surface area contributed by atoms with Gasteiger partial charge in [0.05, 0.1) is 10.9 Å². The molecule has 1 aromatic carbocycles. The molecule has 21 heavy (non-hydrogen) atoms. The van der Waals surface area contributed by atoms with Crippen LogP contribution in [0.15, 0.2) is 18.2 Å². The average molecular weight is 314 g/mol. The van der Waals surface area contributed by atoms with Crippen LogP contribution in [0.5, 0.6) is 5.75 Å². The first-order valence-corrected chi connectivity index (χ1v) is 7.12. The van der Waals surface area contributed by atoms with Crippen molar-refractivity contribution in [3.63, 3.8) is 0 Å². The minimum absolute atomic E-state index is 0.162. The van der Waals surface area contributed by atoms with Crippen molar-refractivity contribution >= 4 is 23.5 Å². The fourth-order valence-corrected chi connectivity index (χ4v) is 1.94. The lowest BCUT2D eigenvalue weighted by Gasteiger charge is -2.23. The van der Waals surface area contributed by atoms with Crippen molar-refractivity contribution < 1.29 is 19.4 Å². The molecular weight excluding hydrogens is 294 g/mol. The van der Waals surface area contributed by atoms with Crippen LogP contribution in [0.2, 0.25) is 5.02 Å². The van der Waals surface area contributed by atoms with Gasteiger partial charge in [0.1, 0.15) is 5.75 Å². The third-order valence-electron chi connectivity index (χ3n) is 3.09. The SMILES string of the molecule is CCN(CC(C)C(=O)O)C(=O)COc1cc(C)ccc1Cl. The van der Waals surface area contributed by atoms with Crippen molar-refractivity contribution in [1.29, 1.82) is 0 Å². The first-order chi connectivity index (χ1) is 9.85. The van der Waals surface area contributed by atoms with Crippen LogP contribution in [-0.4, -0.2) is 41.6 Å². The van der Waals surface area contributed by atoms with Crippen molar-refractivity contribution in [2.24, 2.45) is 5.92 Å². The lowest BCUT2D eigenvalue weighted by Crippen LogP contribution is -2.39. The third kappa shape index (κ3) is 5.27. The standard InChI is InChI=1S/C15H20ClNO4/c1-4-17(8-11(3)15(19)20)14(18)9-21-13-7-10(2)5-6-12(13)16/h5-7,11H,4,8-9H2,1-3H3,(H,19,20). The zero-order valence-corrected chi connectivity index (χ0v) is 13.2. The molecule has 0 aliphatic carbocycles. The molecule has 116 valence electrons. The molecular formula is C15H20ClNO4. The predicted octanol–water partition coefficient (Wildman–Crippen LogP) is 2.60. The Morgan fingerprint density at radius 2 is 2.10 bits per heavy atom. The summed E-state index contributed by atoms with van der Waals surface area (Å²) < 4.78 is 5.43. The van der Waals surface area contributed by atoms with Gasteiger partial charge in [-0.3, -0.25) is 9.59 Å². The summed E-state index contributed by atoms with van der Waals surface area (Å²) in [7, 11) is 0. The molecule has 6 heteroatoms. The van der Waals surface area contributed by atoms with Crippen molar-refractivity contribution in [3.05, 3.63) is 28.8 Å². The highest BCUT2D eigenvalue weighted by atomic mass is 35.5. The highest BCUT2D eigenvalue weighted by molar-refractivity contribution is 6.32. The number of likely N-dealkylation sites (N-methyl/N-ethyl adjacent to an activating group) is 1. The number of carboxylic acids is 1. The van der Waals surface area contributed by atoms with Crippen LogP contribution in [0.25, 0.3) is 0 Å². The van der Waals surface area contributed by atoms with Gasteiger partial charge in [0.15, 0.2) is 6.61 Å². The molecule has 1 aromatic rings. The Kier molecular flexibility index (Phi) is 6.49. The second-order valence-electron chi connectivity index (χ2n) is 4.89. The zero-order chi connectivity index (χ0) is 16.0. The Hall–Kier alpha value is -1.75. The fraction of sp³-hybridized carbons (Fsp3) is 0.467. The summed E-state index contributed by atoms with van der Waals surface area (Å²) in [6, 6.07) is 5.32. The fourth-order valence-electron chi connectivity index (χ4n) is 1.77. The summed E-state index contributed by atoms with van der Waals surface area (Å²) in [6.07, 6.45) is 0. The highest BCUT2D eigenvalue weighted by Crippen LogP contribution is 2.25. The molecule has 0 bridgehead atoms. The number of carbonyl (C=O) groups is 2. The van der Waals surface area contributed by atoms with E-state index >= 15 is 0 Å². The molecule has 1 atom stereocenters. The molecule has 0 spiro atoms. The van der Waals surface area contributed by atoms with Crippen LogP contribution in [0.1, 0.15) is 19.4 Å². The Morgan fingerprint density at radius 3 is 2.67 bits per heavy atom. The molecule has 1 unspecified atom stereocenters. The number of carbonyl (C=O) groups excluding carboxylic acids is 1. The number of aliphatic carboxylic acids is 1. The van der Waals surface area contributed by atoms with Gasteiger partial charge in [-0.2, -0.15) is 0 Å². The maximum atomic E-state index is 12.1. The van der Waals surface area contributed by atoms with E-state index in [4.69, 9.17) is 21.4 Å². The maximum Gasteiger partial charge on any atom is 0.308 e. The molecule has 0 aliphatic heterocycles. The van der Waals surface area contributed by atoms with Crippen LogP contribution in [-0.2, 0) is 9.59 Å². The van der Waals surface area contributed by atoms with Gasteiger partial charge >= 0.3 is 5.97 Å². The van der Waals surface area contributed by atoms with E-state index in [1.807, 2.05) is 13.0 Å². The van der Waals surface area contributed by atoms with E-state index < -0.39 is 11.9 Å². The number of aryl methyl sites for hydroxylation is 1. The summed E-state index contributed by atoms with van der Waals surface area (Å²) in [6.45, 7) is 5.70. The number of hydrogen-bond donors (Lipinski definition) is 1. The lowest BCUT2D eigenvalue weighted by atomic mass is 10.1. The van der Waals surface area contributed by atoms with Crippen LogP contribution in [0, 0.1) is 12.8 Å². The molecule has 0 saturated carbocycles. The van der Waals surface area contributed by atoms with Crippen molar-refractivity contribution in [2.45, 2.75) is 20.8 Å². The highest BCUT2D eigenvalue weighted by Gasteiger charge is 2.19. The number of carboxylic acid groups (broad SMARTS) is 1. The molecule has 1 amide bonds. The number of amides is 1. The molecule has 0 fully saturated rings. The minimum Gasteiger partial charge on any atom is -0.482 e. The van der Waals surface area contributed by atoms with Gasteiger partial charge in [-0.25, -0.2) is 0 Å². The number of hydrogen-bond acceptors (Lipinski definition) is 3. The van der Waals surface area contributed by atoms with Crippen molar-refractivity contribution in [1.82, 2.24) is 4.90 Å². The number of rotatable bonds is 7. The van der Waals surface area contributed by atoms with Crippen molar-refractivity contribution in [3.8, 4) is 5.75 Å². The smallest absolute Gasteiger partial charge is 0.308 e. The third-order valence-corrected chi connectivity index (χ3v) is 3.40. The van der Waals surface area contributed by atoms with Crippen LogP contribution >= 0.6 is 11.6 Å². The van der Waals surface area contributed by atoms with E-state index in [0.29, 0.717) is 17.3 Å². The number of nitrogens with zero attached hydrogens (tertiary/aromatic N) is 1. The molecule has 1 rings (SSSR count). The Morgan fingerprint density at radius 1 is 1.43 bits per heavy atom. The quantitative estimate of drug-likeness (QED) is 0.840. The van der Waals surface area contributed by atoms with E-state index in [0.717, 1.165) is 5.56 Å². The van der Waals surface area contributed by atoms with Gasteiger partial charge in [-0.15, -0.1) is 0 Å². The van der Waals surface area contributed by atoms with Gasteiger partial charge < -0.3 is 14.7 Å². The Bertz CT molecular complexity index is 518. The molecule has 0 heterocycles. The van der Waals surface area contributed by atoms with E-state index in [2.05, 4.69) is 0 Å². The molecule has 1 N–H and O–H groups in total. The van der Waals surface area contributed by atoms with Gasteiger partial charge in [0.2, 0.25) is 0 Å². The monoisotopic (exact) mass is 313 g/mol. The average Bonchev–Trinajstić information content (AvgIpc) is 2.44. The summed E-state index contributed by atoms with van der Waals surface area (Å²) in [4.78, 5) is 24.4. The zero-order valence-electron chi connectivity index (χ0n) is 12.4. The van der Waals surface area contributed by atoms with Gasteiger partial charge in [-0.1, -0.05) is 24.6 Å². The van der Waals surface area contributed by atoms with Gasteiger partial charge in [-0.05, 0) is 31.5 Å². The number of benzene rings is 1. The van der Waals surface area contributed by atoms with Gasteiger partial charge in [0.25, 0.3) is 5.91 Å². The van der Waals surface area contributed by atoms with Gasteiger partial charge in [0, 0.05) is 13.1 Å². The molecule has 0 aliphatic rings. The molecule has 0 radical (unpaired) electrons. The van der Waals surface area contributed by atoms with E-state index in [1.165, 1.54) is 4.90 Å². The maximum absolute atomic E-state index is 12.1. The second kappa shape index (κ2) is 7.88. The largest absolute Gasteiger partial charge is 0.482 e. The first-order valence-electron chi connectivity index (χ1n) is 6.74. The summed E-state index contributed by atoms with van der Waals surface area (Å²) >= 11 is 5.99. The van der Waals surface area contributed by atoms with E-state index in [-0.39, 0.29) is 19.1 Å². The lowest BCUT2D eigenvalue weighted by molar-refractivity contribution is -0.143. The topological polar surface area (TPSA) is 66.8 Å². The normalized spacial score (nSPS) is 11.8. The second-order valence-corrected chi connectivity index (χ2v) is 5.30. The Labute approximate surface area is 129 Å². The van der Waals surface area contributed by atoms with Crippen LogP contribution < -0.4 is 4.74 Å². The van der Waals surface area contributed by atoms with Crippen LogP contribution in [0.3, 0.4) is 0 Å². The molecule has 5 nitrogen and oxygen atoms in total. The Balaban J connectivity index is 2.62. The van der Waals surface area contributed by atoms with Crippen LogP contribution in [0.4, 0.5) is 0 Å². The number of halogens is 1. The minimum atomic E-state index is -0.927. The van der Waals surface area contributed by atoms with Crippen molar-refractivity contribution in [2.75, 3.05) is 19.7 Å². The molecule has 0 saturated heterocycles. The van der Waals surface area contributed by atoms with E-state index in [1.54, 1.807) is 26.0 Å². The predicted molar refractivity (Wildman–Crippen MR) is 80.7 cm³/mol. The first kappa shape index (κ1) is 17.3. The van der Waals surface area contributed by atoms with E-state index in [9.17, 15) is 9.59 Å². The summed E-state index contributed by atoms with van der Waals surface area (Å²) in [5.74, 6) is -1.35. The summed E-state index contributed by atoms with van der Waals surface area (Å²) in [5, 5.41) is 9.34. The summed E-state index contributed by atoms with van der Waals surface area (Å²) in [5.41, 5.74) is 0.980. The molecule has 0 aromatic heterocycles.